The van der Waals surface area contributed by atoms with Gasteiger partial charge in [0.1, 0.15) is 5.75 Å². The molecular weight excluding hydrogens is 376 g/mol. The van der Waals surface area contributed by atoms with Crippen LogP contribution in [0, 0.1) is 6.92 Å². The van der Waals surface area contributed by atoms with Crippen molar-refractivity contribution in [2.75, 3.05) is 13.1 Å². The van der Waals surface area contributed by atoms with Crippen LogP contribution in [-0.4, -0.2) is 45.9 Å². The SMILES string of the molecule is C=CC(=O)N1CC(N2Cc3c(-c4cc(O)cc5ccccc45)ccc(C)c3C2=O)C1. The van der Waals surface area contributed by atoms with Gasteiger partial charge in [0.15, 0.2) is 0 Å². The number of carbonyl (C=O) groups excluding carboxylic acids is 2. The lowest BCUT2D eigenvalue weighted by Gasteiger charge is -2.43. The Bertz CT molecular complexity index is 1220. The lowest BCUT2D eigenvalue weighted by Crippen LogP contribution is -2.60. The molecule has 5 heteroatoms. The second-order valence-corrected chi connectivity index (χ2v) is 8.03. The van der Waals surface area contributed by atoms with Crippen LogP contribution in [0.1, 0.15) is 21.5 Å². The lowest BCUT2D eigenvalue weighted by molar-refractivity contribution is -0.132. The summed E-state index contributed by atoms with van der Waals surface area (Å²) in [5.74, 6) is 0.125. The van der Waals surface area contributed by atoms with Gasteiger partial charge in [-0.2, -0.15) is 0 Å². The highest BCUT2D eigenvalue weighted by Gasteiger charge is 2.41. The van der Waals surface area contributed by atoms with Crippen LogP contribution in [0.15, 0.2) is 61.2 Å². The maximum Gasteiger partial charge on any atom is 0.255 e. The molecule has 2 heterocycles. The number of fused-ring (bicyclic) bond motifs is 2. The normalized spacial score (nSPS) is 16.0. The number of carbonyl (C=O) groups is 2. The average Bonchev–Trinajstić information content (AvgIpc) is 3.04. The zero-order valence-corrected chi connectivity index (χ0v) is 16.8. The second-order valence-electron chi connectivity index (χ2n) is 8.03. The second kappa shape index (κ2) is 6.73. The highest BCUT2D eigenvalue weighted by molar-refractivity contribution is 6.05. The van der Waals surface area contributed by atoms with Crippen molar-refractivity contribution in [1.82, 2.24) is 9.80 Å². The van der Waals surface area contributed by atoms with Gasteiger partial charge in [-0.05, 0) is 58.2 Å². The van der Waals surface area contributed by atoms with Crippen molar-refractivity contribution in [3.8, 4) is 16.9 Å². The maximum absolute atomic E-state index is 13.3. The molecule has 30 heavy (non-hydrogen) atoms. The number of nitrogens with zero attached hydrogens (tertiary/aromatic N) is 2. The van der Waals surface area contributed by atoms with Gasteiger partial charge in [0.05, 0.1) is 6.04 Å². The Hall–Kier alpha value is -3.60. The molecule has 0 atom stereocenters. The third kappa shape index (κ3) is 2.70. The van der Waals surface area contributed by atoms with Crippen LogP contribution < -0.4 is 0 Å². The predicted octanol–water partition coefficient (Wildman–Crippen LogP) is 3.87. The van der Waals surface area contributed by atoms with E-state index in [4.69, 9.17) is 0 Å². The van der Waals surface area contributed by atoms with Crippen molar-refractivity contribution in [3.05, 3.63) is 77.9 Å². The summed E-state index contributed by atoms with van der Waals surface area (Å²) in [5, 5.41) is 12.3. The minimum Gasteiger partial charge on any atom is -0.508 e. The number of phenolic OH excluding ortho intramolecular Hbond substituents is 1. The number of amides is 2. The molecular formula is C25H22N2O3. The topological polar surface area (TPSA) is 60.9 Å². The molecule has 0 radical (unpaired) electrons. The summed E-state index contributed by atoms with van der Waals surface area (Å²) in [6.45, 7) is 7.07. The molecule has 2 amide bonds. The van der Waals surface area contributed by atoms with Gasteiger partial charge in [-0.1, -0.05) is 43.0 Å². The van der Waals surface area contributed by atoms with E-state index in [9.17, 15) is 14.7 Å². The van der Waals surface area contributed by atoms with Gasteiger partial charge in [0.2, 0.25) is 5.91 Å². The zero-order valence-electron chi connectivity index (χ0n) is 16.8. The Morgan fingerprint density at radius 3 is 2.67 bits per heavy atom. The van der Waals surface area contributed by atoms with Gasteiger partial charge >= 0.3 is 0 Å². The summed E-state index contributed by atoms with van der Waals surface area (Å²) < 4.78 is 0. The number of rotatable bonds is 3. The Morgan fingerprint density at radius 2 is 1.90 bits per heavy atom. The minimum atomic E-state index is -0.0986. The van der Waals surface area contributed by atoms with Crippen LogP contribution in [0.5, 0.6) is 5.75 Å². The largest absolute Gasteiger partial charge is 0.508 e. The summed E-state index contributed by atoms with van der Waals surface area (Å²) >= 11 is 0. The summed E-state index contributed by atoms with van der Waals surface area (Å²) in [4.78, 5) is 28.6. The molecule has 0 bridgehead atoms. The van der Waals surface area contributed by atoms with Gasteiger partial charge in [-0.3, -0.25) is 9.59 Å². The summed E-state index contributed by atoms with van der Waals surface area (Å²) in [6, 6.07) is 15.5. The van der Waals surface area contributed by atoms with Crippen LogP contribution in [0.3, 0.4) is 0 Å². The van der Waals surface area contributed by atoms with E-state index in [0.717, 1.165) is 38.6 Å². The molecule has 1 N–H and O–H groups in total. The van der Waals surface area contributed by atoms with E-state index in [2.05, 4.69) is 6.58 Å². The van der Waals surface area contributed by atoms with E-state index in [1.807, 2.05) is 48.2 Å². The van der Waals surface area contributed by atoms with Crippen molar-refractivity contribution in [3.63, 3.8) is 0 Å². The lowest BCUT2D eigenvalue weighted by atomic mass is 9.91. The summed E-state index contributed by atoms with van der Waals surface area (Å²) in [5.41, 5.74) is 4.58. The molecule has 0 saturated carbocycles. The van der Waals surface area contributed by atoms with E-state index in [0.29, 0.717) is 19.6 Å². The Morgan fingerprint density at radius 1 is 1.13 bits per heavy atom. The first kappa shape index (κ1) is 18.4. The Labute approximate surface area is 174 Å². The van der Waals surface area contributed by atoms with E-state index < -0.39 is 0 Å². The fraction of sp³-hybridized carbons (Fsp3) is 0.200. The van der Waals surface area contributed by atoms with Gasteiger partial charge < -0.3 is 14.9 Å². The molecule has 5 nitrogen and oxygen atoms in total. The minimum absolute atomic E-state index is 0.0157. The molecule has 0 aromatic heterocycles. The fourth-order valence-corrected chi connectivity index (χ4v) is 4.64. The summed E-state index contributed by atoms with van der Waals surface area (Å²) in [7, 11) is 0. The first-order chi connectivity index (χ1) is 14.5. The van der Waals surface area contributed by atoms with E-state index in [1.165, 1.54) is 6.08 Å². The molecule has 0 unspecified atom stereocenters. The third-order valence-electron chi connectivity index (χ3n) is 6.25. The van der Waals surface area contributed by atoms with Gasteiger partial charge in [-0.25, -0.2) is 0 Å². The van der Waals surface area contributed by atoms with Crippen molar-refractivity contribution in [2.24, 2.45) is 0 Å². The van der Waals surface area contributed by atoms with Crippen LogP contribution in [0.25, 0.3) is 21.9 Å². The number of likely N-dealkylation sites (tertiary alicyclic amines) is 1. The molecule has 2 aliphatic rings. The first-order valence-electron chi connectivity index (χ1n) is 10.0. The molecule has 1 saturated heterocycles. The molecule has 0 aliphatic carbocycles. The highest BCUT2D eigenvalue weighted by atomic mass is 16.3. The number of hydrogen-bond donors (Lipinski definition) is 1. The molecule has 1 fully saturated rings. The third-order valence-corrected chi connectivity index (χ3v) is 6.25. The average molecular weight is 398 g/mol. The molecule has 0 spiro atoms. The van der Waals surface area contributed by atoms with Crippen LogP contribution in [0.2, 0.25) is 0 Å². The van der Waals surface area contributed by atoms with E-state index in [-0.39, 0.29) is 23.6 Å². The van der Waals surface area contributed by atoms with Crippen LogP contribution >= 0.6 is 0 Å². The number of aryl methyl sites for hydroxylation is 1. The van der Waals surface area contributed by atoms with Crippen molar-refractivity contribution in [1.29, 1.82) is 0 Å². The van der Waals surface area contributed by atoms with Gasteiger partial charge in [-0.15, -0.1) is 0 Å². The fourth-order valence-electron chi connectivity index (χ4n) is 4.64. The molecule has 5 rings (SSSR count). The highest BCUT2D eigenvalue weighted by Crippen LogP contribution is 2.40. The monoisotopic (exact) mass is 398 g/mol. The van der Waals surface area contributed by atoms with Crippen molar-refractivity contribution >= 4 is 22.6 Å². The quantitative estimate of drug-likeness (QED) is 0.682. The zero-order chi connectivity index (χ0) is 21.0. The van der Waals surface area contributed by atoms with E-state index >= 15 is 0 Å². The van der Waals surface area contributed by atoms with E-state index in [1.54, 1.807) is 17.0 Å². The first-order valence-corrected chi connectivity index (χ1v) is 10.0. The standard InChI is InChI=1S/C25H22N2O3/c1-3-23(29)26-12-17(13-26)27-14-22-20(9-8-15(2)24(22)25(27)30)21-11-18(28)10-16-6-4-5-7-19(16)21/h3-11,17,28H,1,12-14H2,2H3. The number of benzene rings is 3. The molecule has 150 valence electrons. The number of aromatic hydroxyl groups is 1. The van der Waals surface area contributed by atoms with Gasteiger partial charge in [0, 0.05) is 25.2 Å². The Balaban J connectivity index is 1.57. The smallest absolute Gasteiger partial charge is 0.255 e. The number of hydrogen-bond acceptors (Lipinski definition) is 3. The number of phenols is 1. The molecule has 3 aromatic rings. The van der Waals surface area contributed by atoms with Crippen molar-refractivity contribution in [2.45, 2.75) is 19.5 Å². The van der Waals surface area contributed by atoms with Crippen LogP contribution in [-0.2, 0) is 11.3 Å². The van der Waals surface area contributed by atoms with Crippen molar-refractivity contribution < 1.29 is 14.7 Å². The Kier molecular flexibility index (Phi) is 4.13. The molecule has 3 aromatic carbocycles. The molecule has 2 aliphatic heterocycles. The predicted molar refractivity (Wildman–Crippen MR) is 116 cm³/mol. The van der Waals surface area contributed by atoms with Crippen LogP contribution in [0.4, 0.5) is 0 Å². The summed E-state index contributed by atoms with van der Waals surface area (Å²) in [6.07, 6.45) is 1.31. The maximum atomic E-state index is 13.3. The van der Waals surface area contributed by atoms with Gasteiger partial charge in [0.25, 0.3) is 5.91 Å².